The molecule has 0 bridgehead atoms. The minimum Gasteiger partial charge on any atom is -0.492 e. The summed E-state index contributed by atoms with van der Waals surface area (Å²) in [7, 11) is 0. The fraction of sp³-hybridized carbons (Fsp3) is 0.462. The molecule has 0 aliphatic carbocycles. The molecule has 0 aromatic heterocycles. The van der Waals surface area contributed by atoms with Crippen molar-refractivity contribution >= 4 is 29.3 Å². The van der Waals surface area contributed by atoms with E-state index in [1.165, 1.54) is 4.90 Å². The molecule has 0 saturated heterocycles. The minimum atomic E-state index is -5.63. The van der Waals surface area contributed by atoms with Gasteiger partial charge in [-0.1, -0.05) is 23.7 Å². The standard InChI is InChI=1S/C26H30ClF5N2O5/c1-2-38-22(23(35)36)17-18-5-11-21(12-6-18)39-16-15-34(14-4-3-13-25(28,29)26(30,31)32)24(37)33-20-9-7-19(27)8-10-20/h5-12,22H,2-4,13-17H2,1H3,(H,33,37)(H,35,36). The highest BCUT2D eigenvalue weighted by Crippen LogP contribution is 2.39. The number of nitrogens with one attached hydrogen (secondary N) is 1. The van der Waals surface area contributed by atoms with Gasteiger partial charge in [0.15, 0.2) is 6.10 Å². The Morgan fingerprint density at radius 1 is 1.00 bits per heavy atom. The summed E-state index contributed by atoms with van der Waals surface area (Å²) in [6.45, 7) is 1.89. The van der Waals surface area contributed by atoms with Crippen molar-refractivity contribution in [2.75, 3.05) is 31.6 Å². The Morgan fingerprint density at radius 2 is 1.64 bits per heavy atom. The molecule has 7 nitrogen and oxygen atoms in total. The van der Waals surface area contributed by atoms with Crippen molar-refractivity contribution in [1.82, 2.24) is 4.90 Å². The highest BCUT2D eigenvalue weighted by atomic mass is 35.5. The minimum absolute atomic E-state index is 0.00277. The van der Waals surface area contributed by atoms with E-state index in [4.69, 9.17) is 21.1 Å². The summed E-state index contributed by atoms with van der Waals surface area (Å²) in [6.07, 6.45) is -8.35. The van der Waals surface area contributed by atoms with E-state index < -0.39 is 43.0 Å². The van der Waals surface area contributed by atoms with Gasteiger partial charge >= 0.3 is 24.1 Å². The lowest BCUT2D eigenvalue weighted by atomic mass is 10.1. The third kappa shape index (κ3) is 10.9. The Balaban J connectivity index is 1.95. The lowest BCUT2D eigenvalue weighted by molar-refractivity contribution is -0.284. The number of benzene rings is 2. The average Bonchev–Trinajstić information content (AvgIpc) is 2.86. The first-order chi connectivity index (χ1) is 18.3. The lowest BCUT2D eigenvalue weighted by Crippen LogP contribution is -2.39. The molecule has 2 N–H and O–H groups in total. The number of aliphatic carboxylic acids is 1. The van der Waals surface area contributed by atoms with Crippen molar-refractivity contribution in [2.45, 2.75) is 50.8 Å². The maximum Gasteiger partial charge on any atom is 0.453 e. The SMILES string of the molecule is CCOC(Cc1ccc(OCCN(CCCCC(F)(F)C(F)(F)F)C(=O)Nc2ccc(Cl)cc2)cc1)C(=O)O. The van der Waals surface area contributed by atoms with Gasteiger partial charge in [-0.15, -0.1) is 0 Å². The number of carboxylic acid groups (broad SMARTS) is 1. The van der Waals surface area contributed by atoms with Crippen LogP contribution in [0.3, 0.4) is 0 Å². The topological polar surface area (TPSA) is 88.1 Å². The van der Waals surface area contributed by atoms with Crippen LogP contribution < -0.4 is 10.1 Å². The molecular weight excluding hydrogens is 551 g/mol. The van der Waals surface area contributed by atoms with Gasteiger partial charge in [0.25, 0.3) is 0 Å². The number of alkyl halides is 5. The Morgan fingerprint density at radius 3 is 2.21 bits per heavy atom. The molecule has 2 aromatic rings. The number of hydrogen-bond donors (Lipinski definition) is 2. The summed E-state index contributed by atoms with van der Waals surface area (Å²) in [5.74, 6) is -5.44. The van der Waals surface area contributed by atoms with Gasteiger partial charge in [0.1, 0.15) is 12.4 Å². The Bertz CT molecular complexity index is 1050. The van der Waals surface area contributed by atoms with Gasteiger partial charge in [-0.25, -0.2) is 9.59 Å². The summed E-state index contributed by atoms with van der Waals surface area (Å²) < 4.78 is 74.5. The van der Waals surface area contributed by atoms with Gasteiger partial charge in [0.05, 0.1) is 6.54 Å². The molecule has 0 saturated carbocycles. The number of amides is 2. The maximum atomic E-state index is 13.2. The van der Waals surface area contributed by atoms with Gasteiger partial charge in [0, 0.05) is 36.7 Å². The van der Waals surface area contributed by atoms with E-state index in [-0.39, 0.29) is 39.1 Å². The number of carbonyl (C=O) groups excluding carboxylic acids is 1. The number of ether oxygens (including phenoxy) is 2. The number of hydrogen-bond acceptors (Lipinski definition) is 4. The van der Waals surface area contributed by atoms with Crippen molar-refractivity contribution in [3.05, 3.63) is 59.1 Å². The zero-order valence-corrected chi connectivity index (χ0v) is 21.9. The second-order valence-corrected chi connectivity index (χ2v) is 9.00. The van der Waals surface area contributed by atoms with Crippen LogP contribution >= 0.6 is 11.6 Å². The predicted molar refractivity (Wildman–Crippen MR) is 136 cm³/mol. The molecule has 216 valence electrons. The van der Waals surface area contributed by atoms with Gasteiger partial charge in [-0.05, 0) is 61.7 Å². The quantitative estimate of drug-likeness (QED) is 0.182. The zero-order chi connectivity index (χ0) is 29.1. The van der Waals surface area contributed by atoms with E-state index in [1.807, 2.05) is 0 Å². The number of carbonyl (C=O) groups is 2. The van der Waals surface area contributed by atoms with Crippen molar-refractivity contribution in [1.29, 1.82) is 0 Å². The van der Waals surface area contributed by atoms with E-state index in [2.05, 4.69) is 5.32 Å². The maximum absolute atomic E-state index is 13.2. The van der Waals surface area contributed by atoms with E-state index in [0.29, 0.717) is 22.0 Å². The first-order valence-electron chi connectivity index (χ1n) is 12.1. The molecule has 13 heteroatoms. The molecule has 2 rings (SSSR count). The summed E-state index contributed by atoms with van der Waals surface area (Å²) in [4.78, 5) is 25.3. The third-order valence-corrected chi connectivity index (χ3v) is 5.84. The van der Waals surface area contributed by atoms with Gasteiger partial charge < -0.3 is 24.8 Å². The van der Waals surface area contributed by atoms with E-state index in [9.17, 15) is 36.6 Å². The number of halogens is 6. The monoisotopic (exact) mass is 580 g/mol. The number of nitrogens with zero attached hydrogens (tertiary/aromatic N) is 1. The fourth-order valence-corrected chi connectivity index (χ4v) is 3.60. The number of anilines is 1. The second kappa shape index (κ2) is 14.9. The smallest absolute Gasteiger partial charge is 0.453 e. The Hall–Kier alpha value is -3.12. The van der Waals surface area contributed by atoms with Crippen molar-refractivity contribution in [3.8, 4) is 5.75 Å². The number of unbranched alkanes of at least 4 members (excludes halogenated alkanes) is 1. The number of rotatable bonds is 15. The van der Waals surface area contributed by atoms with Gasteiger partial charge in [-0.3, -0.25) is 0 Å². The molecule has 0 spiro atoms. The zero-order valence-electron chi connectivity index (χ0n) is 21.1. The summed E-state index contributed by atoms with van der Waals surface area (Å²) in [5, 5.41) is 12.3. The summed E-state index contributed by atoms with van der Waals surface area (Å²) >= 11 is 5.84. The highest BCUT2D eigenvalue weighted by molar-refractivity contribution is 6.30. The molecule has 0 fully saturated rings. The van der Waals surface area contributed by atoms with Gasteiger partial charge in [-0.2, -0.15) is 22.0 Å². The lowest BCUT2D eigenvalue weighted by Gasteiger charge is -2.24. The molecule has 2 amide bonds. The molecule has 0 aliphatic heterocycles. The van der Waals surface area contributed by atoms with Crippen LogP contribution in [0.5, 0.6) is 5.75 Å². The van der Waals surface area contributed by atoms with E-state index in [1.54, 1.807) is 55.5 Å². The largest absolute Gasteiger partial charge is 0.492 e. The van der Waals surface area contributed by atoms with Crippen LogP contribution in [0.4, 0.5) is 32.4 Å². The van der Waals surface area contributed by atoms with Crippen LogP contribution in [-0.4, -0.2) is 66.5 Å². The van der Waals surface area contributed by atoms with Crippen molar-refractivity contribution in [3.63, 3.8) is 0 Å². The molecule has 1 atom stereocenters. The first-order valence-corrected chi connectivity index (χ1v) is 12.5. The summed E-state index contributed by atoms with van der Waals surface area (Å²) in [5.41, 5.74) is 1.13. The first kappa shape index (κ1) is 32.1. The van der Waals surface area contributed by atoms with Crippen LogP contribution in [0.1, 0.15) is 31.7 Å². The van der Waals surface area contributed by atoms with E-state index >= 15 is 0 Å². The van der Waals surface area contributed by atoms with E-state index in [0.717, 1.165) is 0 Å². The molecule has 0 aliphatic rings. The molecule has 0 heterocycles. The van der Waals surface area contributed by atoms with Crippen LogP contribution in [0.15, 0.2) is 48.5 Å². The Kier molecular flexibility index (Phi) is 12.2. The molecule has 39 heavy (non-hydrogen) atoms. The molecule has 0 radical (unpaired) electrons. The van der Waals surface area contributed by atoms with Crippen molar-refractivity contribution < 1.29 is 46.1 Å². The number of urea groups is 1. The van der Waals surface area contributed by atoms with Crippen molar-refractivity contribution in [2.24, 2.45) is 0 Å². The summed E-state index contributed by atoms with van der Waals surface area (Å²) in [6, 6.07) is 12.2. The van der Waals surface area contributed by atoms with Crippen LogP contribution in [0, 0.1) is 0 Å². The van der Waals surface area contributed by atoms with Crippen LogP contribution in [-0.2, 0) is 16.0 Å². The fourth-order valence-electron chi connectivity index (χ4n) is 3.47. The highest BCUT2D eigenvalue weighted by Gasteiger charge is 2.56. The van der Waals surface area contributed by atoms with Crippen LogP contribution in [0.2, 0.25) is 5.02 Å². The molecule has 1 unspecified atom stereocenters. The average molecular weight is 581 g/mol. The number of carboxylic acids is 1. The third-order valence-electron chi connectivity index (χ3n) is 5.58. The Labute approximate surface area is 227 Å². The second-order valence-electron chi connectivity index (χ2n) is 8.56. The van der Waals surface area contributed by atoms with Gasteiger partial charge in [0.2, 0.25) is 0 Å². The molecule has 2 aromatic carbocycles. The predicted octanol–water partition coefficient (Wildman–Crippen LogP) is 6.65. The van der Waals surface area contributed by atoms with Crippen LogP contribution in [0.25, 0.3) is 0 Å². The normalized spacial score (nSPS) is 12.6. The molecular formula is C26H30ClF5N2O5.